The van der Waals surface area contributed by atoms with Crippen LogP contribution in [-0.4, -0.2) is 45.8 Å². The maximum Gasteiger partial charge on any atom is 0.192 e. The second-order valence-corrected chi connectivity index (χ2v) is 5.78. The van der Waals surface area contributed by atoms with Crippen molar-refractivity contribution in [1.29, 1.82) is 0 Å². The monoisotopic (exact) mass is 238 g/mol. The molecule has 1 aromatic heterocycles. The number of hydrogen-bond donors (Lipinski definition) is 1. The minimum Gasteiger partial charge on any atom is -0.359 e. The fourth-order valence-electron chi connectivity index (χ4n) is 1.99. The molecule has 2 rings (SSSR count). The number of nitrogens with one attached hydrogen (secondary N) is 1. The zero-order chi connectivity index (χ0) is 11.5. The zero-order valence-electron chi connectivity index (χ0n) is 9.77. The van der Waals surface area contributed by atoms with Gasteiger partial charge in [0.2, 0.25) is 0 Å². The van der Waals surface area contributed by atoms with Crippen molar-refractivity contribution < 1.29 is 4.79 Å². The predicted octanol–water partition coefficient (Wildman–Crippen LogP) is 2.02. The lowest BCUT2D eigenvalue weighted by Gasteiger charge is -2.36. The van der Waals surface area contributed by atoms with Crippen molar-refractivity contribution in [2.24, 2.45) is 0 Å². The third-order valence-corrected chi connectivity index (χ3v) is 4.60. The molecule has 88 valence electrons. The first-order valence-corrected chi connectivity index (χ1v) is 6.75. The number of aromatic nitrogens is 1. The van der Waals surface area contributed by atoms with E-state index in [2.05, 4.69) is 23.7 Å². The van der Waals surface area contributed by atoms with Gasteiger partial charge in [-0.05, 0) is 19.1 Å². The molecule has 0 aromatic carbocycles. The lowest BCUT2D eigenvalue weighted by molar-refractivity contribution is 0.0897. The Balaban J connectivity index is 1.96. The molecule has 4 heteroatoms. The average Bonchev–Trinajstić information content (AvgIpc) is 2.78. The summed E-state index contributed by atoms with van der Waals surface area (Å²) in [6.45, 7) is 5.99. The summed E-state index contributed by atoms with van der Waals surface area (Å²) < 4.78 is 0. The molecule has 1 aromatic rings. The summed E-state index contributed by atoms with van der Waals surface area (Å²) in [6, 6.07) is 4.19. The highest BCUT2D eigenvalue weighted by molar-refractivity contribution is 8.00. The molecule has 1 saturated heterocycles. The van der Waals surface area contributed by atoms with Crippen molar-refractivity contribution in [3.05, 3.63) is 24.0 Å². The van der Waals surface area contributed by atoms with Crippen molar-refractivity contribution in [3.63, 3.8) is 0 Å². The summed E-state index contributed by atoms with van der Waals surface area (Å²) >= 11 is 1.99. The molecule has 3 nitrogen and oxygen atoms in total. The molecule has 0 bridgehead atoms. The van der Waals surface area contributed by atoms with Gasteiger partial charge in [0.15, 0.2) is 5.78 Å². The van der Waals surface area contributed by atoms with Gasteiger partial charge in [-0.1, -0.05) is 6.92 Å². The Bertz CT molecular complexity index is 350. The van der Waals surface area contributed by atoms with Gasteiger partial charge in [0.25, 0.3) is 0 Å². The molecule has 0 spiro atoms. The van der Waals surface area contributed by atoms with E-state index in [0.717, 1.165) is 18.0 Å². The van der Waals surface area contributed by atoms with Gasteiger partial charge in [0.05, 0.1) is 12.2 Å². The molecule has 2 unspecified atom stereocenters. The van der Waals surface area contributed by atoms with Crippen molar-refractivity contribution in [2.45, 2.75) is 25.1 Å². The summed E-state index contributed by atoms with van der Waals surface area (Å²) in [5, 5.41) is 0.616. The minimum absolute atomic E-state index is 0.191. The minimum atomic E-state index is 0.191. The Morgan fingerprint density at radius 1 is 1.62 bits per heavy atom. The number of carbonyl (C=O) groups is 1. The van der Waals surface area contributed by atoms with E-state index >= 15 is 0 Å². The number of Topliss-reactive ketones (excluding diaryl/α,β-unsaturated/α-hetero) is 1. The van der Waals surface area contributed by atoms with Gasteiger partial charge in [-0.3, -0.25) is 9.69 Å². The molecule has 1 aliphatic rings. The number of aromatic amines is 1. The smallest absolute Gasteiger partial charge is 0.192 e. The number of rotatable bonds is 3. The summed E-state index contributed by atoms with van der Waals surface area (Å²) in [4.78, 5) is 17.2. The van der Waals surface area contributed by atoms with E-state index in [-0.39, 0.29) is 5.78 Å². The van der Waals surface area contributed by atoms with Gasteiger partial charge >= 0.3 is 0 Å². The average molecular weight is 238 g/mol. The summed E-state index contributed by atoms with van der Waals surface area (Å²) in [6.07, 6.45) is 1.80. The molecular formula is C12H18N2OS. The Morgan fingerprint density at radius 3 is 3.12 bits per heavy atom. The number of H-pyrrole nitrogens is 1. The number of ketones is 1. The van der Waals surface area contributed by atoms with Gasteiger partial charge in [0.1, 0.15) is 0 Å². The molecule has 1 N–H and O–H groups in total. The van der Waals surface area contributed by atoms with Crippen LogP contribution in [0.3, 0.4) is 0 Å². The standard InChI is InChI=1S/C12H18N2OS/c1-9-10(2)16-7-6-14(9)8-12(15)11-4-3-5-13-11/h3-5,9-10,13H,6-8H2,1-2H3. The maximum absolute atomic E-state index is 11.9. The van der Waals surface area contributed by atoms with Crippen molar-refractivity contribution in [3.8, 4) is 0 Å². The molecule has 0 amide bonds. The Hall–Kier alpha value is -0.740. The quantitative estimate of drug-likeness (QED) is 0.818. The predicted molar refractivity (Wildman–Crippen MR) is 68.1 cm³/mol. The highest BCUT2D eigenvalue weighted by Gasteiger charge is 2.26. The van der Waals surface area contributed by atoms with Crippen LogP contribution in [0.4, 0.5) is 0 Å². The van der Waals surface area contributed by atoms with Gasteiger partial charge in [-0.25, -0.2) is 0 Å². The fraction of sp³-hybridized carbons (Fsp3) is 0.583. The van der Waals surface area contributed by atoms with Gasteiger partial charge in [0, 0.05) is 29.8 Å². The largest absolute Gasteiger partial charge is 0.359 e. The fourth-order valence-corrected chi connectivity index (χ4v) is 3.15. The van der Waals surface area contributed by atoms with Gasteiger partial charge in [-0.15, -0.1) is 0 Å². The Kier molecular flexibility index (Phi) is 3.71. The van der Waals surface area contributed by atoms with Crippen molar-refractivity contribution >= 4 is 17.5 Å². The van der Waals surface area contributed by atoms with Crippen LogP contribution in [-0.2, 0) is 0 Å². The topological polar surface area (TPSA) is 36.1 Å². The highest BCUT2D eigenvalue weighted by Crippen LogP contribution is 2.24. The highest BCUT2D eigenvalue weighted by atomic mass is 32.2. The van der Waals surface area contributed by atoms with Gasteiger partial charge < -0.3 is 4.98 Å². The van der Waals surface area contributed by atoms with Gasteiger partial charge in [-0.2, -0.15) is 11.8 Å². The van der Waals surface area contributed by atoms with E-state index in [1.807, 2.05) is 23.9 Å². The second kappa shape index (κ2) is 5.06. The number of thioether (sulfide) groups is 1. The third kappa shape index (κ3) is 2.50. The van der Waals surface area contributed by atoms with E-state index in [0.29, 0.717) is 17.8 Å². The summed E-state index contributed by atoms with van der Waals surface area (Å²) in [5.74, 6) is 1.32. The van der Waals surface area contributed by atoms with Crippen LogP contribution in [0.15, 0.2) is 18.3 Å². The SMILES string of the molecule is CC1SCCN(CC(=O)c2ccc[nH]2)C1C. The van der Waals surface area contributed by atoms with E-state index in [4.69, 9.17) is 0 Å². The van der Waals surface area contributed by atoms with Crippen molar-refractivity contribution in [1.82, 2.24) is 9.88 Å². The first kappa shape index (κ1) is 11.7. The van der Waals surface area contributed by atoms with Crippen LogP contribution in [0.25, 0.3) is 0 Å². The molecule has 0 saturated carbocycles. The van der Waals surface area contributed by atoms with E-state index in [1.165, 1.54) is 0 Å². The number of carbonyl (C=O) groups excluding carboxylic acids is 1. The molecule has 2 heterocycles. The van der Waals surface area contributed by atoms with Crippen molar-refractivity contribution in [2.75, 3.05) is 18.8 Å². The second-order valence-electron chi connectivity index (χ2n) is 4.29. The van der Waals surface area contributed by atoms with E-state index in [9.17, 15) is 4.79 Å². The third-order valence-electron chi connectivity index (χ3n) is 3.26. The van der Waals surface area contributed by atoms with Crippen LogP contribution in [0.5, 0.6) is 0 Å². The molecule has 2 atom stereocenters. The normalized spacial score (nSPS) is 26.9. The number of nitrogens with zero attached hydrogens (tertiary/aromatic N) is 1. The molecule has 1 aliphatic heterocycles. The first-order chi connectivity index (χ1) is 7.68. The van der Waals surface area contributed by atoms with Crippen LogP contribution in [0.1, 0.15) is 24.3 Å². The molecule has 1 fully saturated rings. The Morgan fingerprint density at radius 2 is 2.44 bits per heavy atom. The zero-order valence-corrected chi connectivity index (χ0v) is 10.6. The Labute approximate surface area is 101 Å². The van der Waals surface area contributed by atoms with Crippen LogP contribution in [0, 0.1) is 0 Å². The van der Waals surface area contributed by atoms with Crippen LogP contribution in [0.2, 0.25) is 0 Å². The van der Waals surface area contributed by atoms with Crippen LogP contribution >= 0.6 is 11.8 Å². The number of hydrogen-bond acceptors (Lipinski definition) is 3. The van der Waals surface area contributed by atoms with E-state index in [1.54, 1.807) is 6.20 Å². The molecular weight excluding hydrogens is 220 g/mol. The first-order valence-electron chi connectivity index (χ1n) is 5.70. The summed E-state index contributed by atoms with van der Waals surface area (Å²) in [5.41, 5.74) is 0.720. The molecule has 0 aliphatic carbocycles. The lowest BCUT2D eigenvalue weighted by atomic mass is 10.1. The molecule has 16 heavy (non-hydrogen) atoms. The van der Waals surface area contributed by atoms with E-state index < -0.39 is 0 Å². The summed E-state index contributed by atoms with van der Waals surface area (Å²) in [7, 11) is 0. The lowest BCUT2D eigenvalue weighted by Crippen LogP contribution is -2.46. The molecule has 0 radical (unpaired) electrons. The maximum atomic E-state index is 11.9. The van der Waals surface area contributed by atoms with Crippen LogP contribution < -0.4 is 0 Å².